The third-order valence-electron chi connectivity index (χ3n) is 8.90. The van der Waals surface area contributed by atoms with Gasteiger partial charge in [0.15, 0.2) is 21.2 Å². The normalized spacial score (nSPS) is 22.8. The van der Waals surface area contributed by atoms with Crippen molar-refractivity contribution in [1.82, 2.24) is 24.6 Å². The number of aryl methyl sites for hydroxylation is 1. The first-order chi connectivity index (χ1) is 24.3. The molecule has 270 valence electrons. The zero-order valence-electron chi connectivity index (χ0n) is 27.9. The molecule has 0 spiro atoms. The van der Waals surface area contributed by atoms with Gasteiger partial charge in [0.25, 0.3) is 0 Å². The fraction of sp³-hybridized carbons (Fsp3) is 0.353. The molecule has 3 heterocycles. The van der Waals surface area contributed by atoms with Gasteiger partial charge in [-0.05, 0) is 42.7 Å². The standard InChI is InChI=1S/C34H38IN6O9P/c1-19(16-17-20-10-5-4-6-11-20)25(30(43)44)40-51(46,50-23-15-9-13-21-12-7-8-14-22(21)23)48-18-24-27(42)34(2,45)31(49-24)41-28-26(37-32(41)35)29(47-3)39-33(36)38-28/h4-15,19,24-25,27,31,42,45H,16-18H2,1-3H3,(H,40,46)(H,43,44)(H2,36,38,39)/t19?,24-,25+,27-,31-,34-,51?/m1/s1. The molecule has 5 aromatic rings. The monoisotopic (exact) mass is 832 g/mol. The summed E-state index contributed by atoms with van der Waals surface area (Å²) < 4.78 is 40.0. The molecule has 0 aliphatic carbocycles. The van der Waals surface area contributed by atoms with Crippen molar-refractivity contribution in [2.24, 2.45) is 5.92 Å². The molecule has 2 unspecified atom stereocenters. The van der Waals surface area contributed by atoms with E-state index in [2.05, 4.69) is 20.0 Å². The quantitative estimate of drug-likeness (QED) is 0.0583. The minimum atomic E-state index is -4.55. The van der Waals surface area contributed by atoms with Gasteiger partial charge in [-0.1, -0.05) is 73.7 Å². The Labute approximate surface area is 306 Å². The number of methoxy groups -OCH3 is 1. The van der Waals surface area contributed by atoms with Gasteiger partial charge in [0.1, 0.15) is 29.6 Å². The van der Waals surface area contributed by atoms with Crippen molar-refractivity contribution in [3.8, 4) is 11.6 Å². The minimum Gasteiger partial charge on any atom is -0.480 e. The molecule has 0 radical (unpaired) electrons. The van der Waals surface area contributed by atoms with Gasteiger partial charge in [0.05, 0.1) is 13.7 Å². The van der Waals surface area contributed by atoms with Crippen LogP contribution in [0.25, 0.3) is 21.9 Å². The predicted molar refractivity (Wildman–Crippen MR) is 196 cm³/mol. The Bertz CT molecular complexity index is 2080. The van der Waals surface area contributed by atoms with Crippen LogP contribution in [0.2, 0.25) is 0 Å². The third-order valence-corrected chi connectivity index (χ3v) is 11.2. The van der Waals surface area contributed by atoms with Crippen LogP contribution in [0.1, 0.15) is 32.1 Å². The molecule has 51 heavy (non-hydrogen) atoms. The first-order valence-electron chi connectivity index (χ1n) is 16.1. The maximum absolute atomic E-state index is 14.7. The Morgan fingerprint density at radius 2 is 1.82 bits per heavy atom. The Kier molecular flexibility index (Phi) is 10.8. The number of carboxylic acid groups (broad SMARTS) is 1. The molecule has 1 aliphatic rings. The third kappa shape index (κ3) is 7.67. The number of ether oxygens (including phenoxy) is 2. The molecule has 0 amide bonds. The maximum atomic E-state index is 14.7. The highest BCUT2D eigenvalue weighted by molar-refractivity contribution is 14.1. The smallest absolute Gasteiger partial charge is 0.459 e. The average Bonchev–Trinajstić information content (AvgIpc) is 3.55. The van der Waals surface area contributed by atoms with Crippen LogP contribution >= 0.6 is 30.3 Å². The second kappa shape index (κ2) is 15.0. The lowest BCUT2D eigenvalue weighted by molar-refractivity contribution is -0.140. The fourth-order valence-corrected chi connectivity index (χ4v) is 8.48. The number of fused-ring (bicyclic) bond motifs is 2. The van der Waals surface area contributed by atoms with E-state index in [4.69, 9.17) is 24.3 Å². The number of nitrogens with two attached hydrogens (primary N) is 1. The lowest BCUT2D eigenvalue weighted by Crippen LogP contribution is -2.45. The number of anilines is 1. The van der Waals surface area contributed by atoms with Crippen LogP contribution in [0.15, 0.2) is 72.8 Å². The second-order valence-electron chi connectivity index (χ2n) is 12.5. The molecular weight excluding hydrogens is 794 g/mol. The molecule has 17 heteroatoms. The molecule has 6 rings (SSSR count). The van der Waals surface area contributed by atoms with E-state index in [-0.39, 0.29) is 28.7 Å². The number of aliphatic hydroxyl groups excluding tert-OH is 1. The number of rotatable bonds is 14. The Morgan fingerprint density at radius 1 is 1.12 bits per heavy atom. The molecule has 7 atom stereocenters. The number of nitrogen functional groups attached to an aromatic ring is 1. The number of aliphatic hydroxyl groups is 2. The number of hydrogen-bond donors (Lipinski definition) is 5. The molecule has 0 bridgehead atoms. The van der Waals surface area contributed by atoms with Crippen LogP contribution in [0, 0.1) is 9.75 Å². The largest absolute Gasteiger partial charge is 0.480 e. The zero-order valence-corrected chi connectivity index (χ0v) is 31.0. The van der Waals surface area contributed by atoms with Gasteiger partial charge < -0.3 is 35.1 Å². The Balaban J connectivity index is 1.29. The van der Waals surface area contributed by atoms with Gasteiger partial charge in [-0.2, -0.15) is 15.1 Å². The lowest BCUT2D eigenvalue weighted by atomic mass is 9.95. The average molecular weight is 833 g/mol. The van der Waals surface area contributed by atoms with E-state index >= 15 is 0 Å². The van der Waals surface area contributed by atoms with E-state index in [1.54, 1.807) is 31.2 Å². The fourth-order valence-electron chi connectivity index (χ4n) is 6.11. The van der Waals surface area contributed by atoms with E-state index in [9.17, 15) is 24.7 Å². The summed E-state index contributed by atoms with van der Waals surface area (Å²) in [5.41, 5.74) is 5.43. The number of carboxylic acids is 1. The molecule has 15 nitrogen and oxygen atoms in total. The lowest BCUT2D eigenvalue weighted by Gasteiger charge is -2.28. The van der Waals surface area contributed by atoms with E-state index in [0.29, 0.717) is 22.1 Å². The number of halogens is 1. The number of nitrogens with one attached hydrogen (secondary N) is 1. The second-order valence-corrected chi connectivity index (χ2v) is 15.2. The maximum Gasteiger partial charge on any atom is 0.459 e. The summed E-state index contributed by atoms with van der Waals surface area (Å²) in [6.45, 7) is 2.54. The topological polar surface area (TPSA) is 213 Å². The summed E-state index contributed by atoms with van der Waals surface area (Å²) >= 11 is 1.92. The molecule has 3 aromatic carbocycles. The number of carbonyl (C=O) groups is 1. The summed E-state index contributed by atoms with van der Waals surface area (Å²) in [5.74, 6) is -1.58. The van der Waals surface area contributed by atoms with Crippen molar-refractivity contribution in [3.05, 3.63) is 82.2 Å². The summed E-state index contributed by atoms with van der Waals surface area (Å²) in [4.78, 5) is 25.4. The highest BCUT2D eigenvalue weighted by Gasteiger charge is 2.55. The SMILES string of the molecule is COc1nc(N)nc2c1nc(I)n2[C@@H]1O[C@H](COP(=O)(N[C@H](C(=O)O)C(C)CCc2ccccc2)Oc2cccc3ccccc23)[C@@H](O)[C@@]1(C)O. The van der Waals surface area contributed by atoms with Crippen LogP contribution < -0.4 is 20.1 Å². The van der Waals surface area contributed by atoms with Crippen molar-refractivity contribution in [2.75, 3.05) is 19.5 Å². The van der Waals surface area contributed by atoms with E-state index < -0.39 is 56.3 Å². The number of benzene rings is 3. The van der Waals surface area contributed by atoms with Crippen LogP contribution in [0.5, 0.6) is 11.6 Å². The van der Waals surface area contributed by atoms with Crippen molar-refractivity contribution in [1.29, 1.82) is 0 Å². The number of nitrogens with zero attached hydrogens (tertiary/aromatic N) is 4. The van der Waals surface area contributed by atoms with Crippen LogP contribution in [0.4, 0.5) is 5.95 Å². The number of imidazole rings is 1. The molecular formula is C34H38IN6O9P. The molecule has 1 saturated heterocycles. The van der Waals surface area contributed by atoms with Crippen LogP contribution in [-0.4, -0.2) is 78.4 Å². The summed E-state index contributed by atoms with van der Waals surface area (Å²) in [6.07, 6.45) is -3.08. The van der Waals surface area contributed by atoms with E-state index in [1.807, 2.05) is 71.1 Å². The van der Waals surface area contributed by atoms with Crippen molar-refractivity contribution < 1.29 is 43.2 Å². The first-order valence-corrected chi connectivity index (χ1v) is 18.7. The molecule has 6 N–H and O–H groups in total. The molecule has 1 fully saturated rings. The molecule has 2 aromatic heterocycles. The number of aromatic nitrogens is 4. The van der Waals surface area contributed by atoms with E-state index in [1.165, 1.54) is 18.6 Å². The summed E-state index contributed by atoms with van der Waals surface area (Å²) in [5, 5.41) is 37.3. The Hall–Kier alpha value is -3.90. The van der Waals surface area contributed by atoms with Gasteiger partial charge in [-0.3, -0.25) is 13.9 Å². The van der Waals surface area contributed by atoms with Gasteiger partial charge >= 0.3 is 13.7 Å². The number of aliphatic carboxylic acids is 1. The van der Waals surface area contributed by atoms with Crippen LogP contribution in [0.3, 0.4) is 0 Å². The predicted octanol–water partition coefficient (Wildman–Crippen LogP) is 4.70. The van der Waals surface area contributed by atoms with Crippen molar-refractivity contribution >= 4 is 64.2 Å². The summed E-state index contributed by atoms with van der Waals surface area (Å²) in [6, 6.07) is 20.7. The van der Waals surface area contributed by atoms with Crippen molar-refractivity contribution in [3.63, 3.8) is 0 Å². The Morgan fingerprint density at radius 3 is 2.55 bits per heavy atom. The number of hydrogen-bond acceptors (Lipinski definition) is 12. The van der Waals surface area contributed by atoms with Gasteiger partial charge in [0.2, 0.25) is 11.8 Å². The van der Waals surface area contributed by atoms with Gasteiger partial charge in [0, 0.05) is 28.0 Å². The van der Waals surface area contributed by atoms with Gasteiger partial charge in [-0.25, -0.2) is 9.55 Å². The van der Waals surface area contributed by atoms with E-state index in [0.717, 1.165) is 10.9 Å². The zero-order chi connectivity index (χ0) is 36.5. The van der Waals surface area contributed by atoms with Gasteiger partial charge in [-0.15, -0.1) is 0 Å². The summed E-state index contributed by atoms with van der Waals surface area (Å²) in [7, 11) is -3.15. The van der Waals surface area contributed by atoms with Crippen molar-refractivity contribution in [2.45, 2.75) is 56.8 Å². The minimum absolute atomic E-state index is 0.107. The molecule has 1 aliphatic heterocycles. The highest BCUT2D eigenvalue weighted by atomic mass is 127. The highest BCUT2D eigenvalue weighted by Crippen LogP contribution is 2.49. The molecule has 0 saturated carbocycles. The van der Waals surface area contributed by atoms with Crippen LogP contribution in [-0.2, 0) is 25.0 Å². The first kappa shape index (κ1) is 36.9.